The van der Waals surface area contributed by atoms with Gasteiger partial charge in [-0.05, 0) is 83.0 Å². The summed E-state index contributed by atoms with van der Waals surface area (Å²) >= 11 is 0. The van der Waals surface area contributed by atoms with Crippen molar-refractivity contribution in [3.8, 4) is 0 Å². The highest BCUT2D eigenvalue weighted by Crippen LogP contribution is 2.49. The minimum atomic E-state index is -5.81. The van der Waals surface area contributed by atoms with Crippen molar-refractivity contribution in [3.63, 3.8) is 0 Å². The second-order valence-corrected chi connectivity index (χ2v) is 35.9. The average molecular weight is 1720 g/mol. The van der Waals surface area contributed by atoms with Gasteiger partial charge < -0.3 is 88.7 Å². The Kier molecular flexibility index (Phi) is 65.7. The van der Waals surface area contributed by atoms with Crippen molar-refractivity contribution in [2.45, 2.75) is 511 Å². The van der Waals surface area contributed by atoms with Crippen LogP contribution in [-0.2, 0) is 70.7 Å². The van der Waals surface area contributed by atoms with Gasteiger partial charge in [-0.1, -0.05) is 329 Å². The number of hydrogen-bond donors (Lipinski definition) is 10. The number of unbranched alkanes of at least 4 members (excludes halogenated alkanes) is 45. The molecule has 2 heterocycles. The van der Waals surface area contributed by atoms with E-state index < -0.39 is 162 Å². The molecule has 26 heteroatoms. The van der Waals surface area contributed by atoms with Crippen LogP contribution in [0.2, 0.25) is 0 Å². The van der Waals surface area contributed by atoms with Gasteiger partial charge in [0.2, 0.25) is 0 Å². The topological polar surface area (TPSA) is 380 Å². The van der Waals surface area contributed by atoms with E-state index in [4.69, 9.17) is 46.9 Å². The number of allylic oxidation sites excluding steroid dienone is 4. The summed E-state index contributed by atoms with van der Waals surface area (Å²) in [5.41, 5.74) is 0. The molecular formula is C93H171O25P. The zero-order valence-corrected chi connectivity index (χ0v) is 75.5. The first-order valence-electron chi connectivity index (χ1n) is 48.0. The van der Waals surface area contributed by atoms with E-state index >= 15 is 0 Å². The largest absolute Gasteiger partial charge is 0.472 e. The maximum Gasteiger partial charge on any atom is 0.472 e. The van der Waals surface area contributed by atoms with E-state index in [1.807, 2.05) is 0 Å². The van der Waals surface area contributed by atoms with Crippen LogP contribution in [0.25, 0.3) is 0 Å². The van der Waals surface area contributed by atoms with Gasteiger partial charge in [-0.3, -0.25) is 28.2 Å². The van der Waals surface area contributed by atoms with Gasteiger partial charge in [0.05, 0.1) is 13.2 Å². The molecule has 0 aromatic heterocycles. The molecule has 25 nitrogen and oxygen atoms in total. The van der Waals surface area contributed by atoms with Crippen molar-refractivity contribution in [1.82, 2.24) is 0 Å². The first-order valence-corrected chi connectivity index (χ1v) is 49.5. The molecule has 1 aliphatic carbocycles. The highest BCUT2D eigenvalue weighted by molar-refractivity contribution is 7.47. The molecule has 2 saturated heterocycles. The first kappa shape index (κ1) is 110. The number of rotatable bonds is 77. The first-order chi connectivity index (χ1) is 57.6. The number of aliphatic hydroxyl groups excluding tert-OH is 9. The molecule has 19 unspecified atom stereocenters. The lowest BCUT2D eigenvalue weighted by Gasteiger charge is -2.50. The molecule has 2 aliphatic heterocycles. The SMILES string of the molecule is CCCCCC/C=C\CCCCCCCCCC(=O)OCC1OC(OC2C(OC(=O)CCCCCCCCCCCCCCCCCC)C(O)C(O)C(OC3OC(CO)C(O)C(O)C3O)C2OP(=O)(O)OCC(COC(=O)CCCCC/C=C\CCCCCCCC)OC(=O)CCCCCCCCC(C)CCCCCCCC)C(O)C(O)C1O. The summed E-state index contributed by atoms with van der Waals surface area (Å²) in [6, 6.07) is 0. The molecule has 119 heavy (non-hydrogen) atoms. The molecule has 0 radical (unpaired) electrons. The fourth-order valence-electron chi connectivity index (χ4n) is 15.8. The van der Waals surface area contributed by atoms with Crippen LogP contribution in [0.5, 0.6) is 0 Å². The lowest BCUT2D eigenvalue weighted by atomic mass is 9.84. The molecule has 19 atom stereocenters. The zero-order valence-electron chi connectivity index (χ0n) is 74.6. The summed E-state index contributed by atoms with van der Waals surface area (Å²) in [5.74, 6) is -2.31. The Hall–Kier alpha value is -3.05. The minimum absolute atomic E-state index is 0.00912. The Bertz CT molecular complexity index is 2580. The third-order valence-corrected chi connectivity index (χ3v) is 24.6. The van der Waals surface area contributed by atoms with Gasteiger partial charge in [0.25, 0.3) is 0 Å². The standard InChI is InChI=1S/C93H171O25P/c1-6-10-14-18-22-25-28-31-33-35-38-41-44-47-54-61-67-79(98)115-88-84(103)85(104)89(116-92-86(105)82(101)80(99)74(68-94)113-92)91(90(88)117-93-87(106)83(102)81(100)75(114-93)71-110-77(96)65-59-53-46-43-40-37-34-32-29-26-23-19-15-11-7-2)118-119(107,108)111-70-73(69-109-76(95)64-58-52-45-42-39-36-30-27-24-20-16-12-8-3)112-78(97)66-60-55-49-48-51-57-63-72(5)62-56-50-21-17-13-9-4/h26,29,36,39,72-75,80-94,99-106H,6-25,27-28,30-35,37-38,40-71H2,1-5H3,(H,107,108)/b29-26-,39-36-. The highest BCUT2D eigenvalue weighted by atomic mass is 31.2. The lowest BCUT2D eigenvalue weighted by molar-refractivity contribution is -0.360. The van der Waals surface area contributed by atoms with E-state index in [1.54, 1.807) is 0 Å². The molecule has 3 aliphatic rings. The number of ether oxygens (including phenoxy) is 8. The van der Waals surface area contributed by atoms with Crippen LogP contribution in [0.3, 0.4) is 0 Å². The molecule has 10 N–H and O–H groups in total. The second kappa shape index (κ2) is 71.0. The molecular weight excluding hydrogens is 1550 g/mol. The molecule has 698 valence electrons. The summed E-state index contributed by atoms with van der Waals surface area (Å²) < 4.78 is 73.5. The van der Waals surface area contributed by atoms with Crippen LogP contribution in [0.4, 0.5) is 0 Å². The number of esters is 4. The summed E-state index contributed by atoms with van der Waals surface area (Å²) in [6.45, 7) is 7.90. The predicted molar refractivity (Wildman–Crippen MR) is 462 cm³/mol. The van der Waals surface area contributed by atoms with Crippen molar-refractivity contribution in [2.75, 3.05) is 26.4 Å². The number of aliphatic hydroxyl groups is 9. The normalized spacial score (nSPS) is 25.2. The Morgan fingerprint density at radius 3 is 1.10 bits per heavy atom. The van der Waals surface area contributed by atoms with E-state index in [0.717, 1.165) is 148 Å². The number of carbonyl (C=O) groups is 4. The van der Waals surface area contributed by atoms with E-state index in [2.05, 4.69) is 58.9 Å². The molecule has 0 amide bonds. The van der Waals surface area contributed by atoms with Crippen molar-refractivity contribution in [2.24, 2.45) is 5.92 Å². The van der Waals surface area contributed by atoms with Crippen molar-refractivity contribution < 1.29 is 122 Å². The second-order valence-electron chi connectivity index (χ2n) is 34.5. The van der Waals surface area contributed by atoms with Crippen molar-refractivity contribution >= 4 is 31.7 Å². The third-order valence-electron chi connectivity index (χ3n) is 23.6. The summed E-state index contributed by atoms with van der Waals surface area (Å²) in [5, 5.41) is 102. The highest BCUT2D eigenvalue weighted by Gasteiger charge is 2.60. The summed E-state index contributed by atoms with van der Waals surface area (Å²) in [7, 11) is -5.81. The molecule has 0 bridgehead atoms. The number of hydrogen-bond acceptors (Lipinski definition) is 24. The maximum absolute atomic E-state index is 14.9. The third kappa shape index (κ3) is 51.4. The fourth-order valence-corrected chi connectivity index (χ4v) is 16.8. The molecule has 1 saturated carbocycles. The van der Waals surface area contributed by atoms with E-state index in [1.165, 1.54) is 167 Å². The molecule has 0 aromatic rings. The fraction of sp³-hybridized carbons (Fsp3) is 0.914. The molecule has 0 spiro atoms. The molecule has 3 fully saturated rings. The van der Waals surface area contributed by atoms with Gasteiger partial charge in [0.1, 0.15) is 92.6 Å². The van der Waals surface area contributed by atoms with E-state index in [-0.39, 0.29) is 25.7 Å². The average Bonchev–Trinajstić information content (AvgIpc) is 0.751. The van der Waals surface area contributed by atoms with Crippen molar-refractivity contribution in [1.29, 1.82) is 0 Å². The Balaban J connectivity index is 1.92. The predicted octanol–water partition coefficient (Wildman–Crippen LogP) is 18.0. The van der Waals surface area contributed by atoms with Crippen LogP contribution in [0.15, 0.2) is 24.3 Å². The van der Waals surface area contributed by atoms with Crippen molar-refractivity contribution in [3.05, 3.63) is 24.3 Å². The van der Waals surface area contributed by atoms with Gasteiger partial charge in [-0.15, -0.1) is 0 Å². The van der Waals surface area contributed by atoms with Gasteiger partial charge in [0, 0.05) is 25.7 Å². The van der Waals surface area contributed by atoms with Crippen LogP contribution in [0.1, 0.15) is 407 Å². The number of carbonyl (C=O) groups excluding carboxylic acids is 4. The monoisotopic (exact) mass is 1720 g/mol. The molecule has 0 aromatic carbocycles. The van der Waals surface area contributed by atoms with E-state index in [9.17, 15) is 74.6 Å². The van der Waals surface area contributed by atoms with Crippen LogP contribution in [-0.4, -0.2) is 205 Å². The lowest BCUT2D eigenvalue weighted by Crippen LogP contribution is -2.70. The number of phosphoric ester groups is 1. The van der Waals surface area contributed by atoms with Gasteiger partial charge in [-0.2, -0.15) is 0 Å². The van der Waals surface area contributed by atoms with Crippen LogP contribution >= 0.6 is 7.82 Å². The zero-order chi connectivity index (χ0) is 86.9. The van der Waals surface area contributed by atoms with Gasteiger partial charge in [-0.25, -0.2) is 4.57 Å². The number of phosphoric acid groups is 1. The van der Waals surface area contributed by atoms with Gasteiger partial charge >= 0.3 is 31.7 Å². The summed E-state index contributed by atoms with van der Waals surface area (Å²) in [6.07, 6.45) is 30.2. The quantitative estimate of drug-likeness (QED) is 0.00889. The van der Waals surface area contributed by atoms with E-state index in [0.29, 0.717) is 38.0 Å². The Morgan fingerprint density at radius 1 is 0.353 bits per heavy atom. The van der Waals surface area contributed by atoms with Crippen LogP contribution < -0.4 is 0 Å². The minimum Gasteiger partial charge on any atom is -0.463 e. The maximum atomic E-state index is 14.9. The molecule has 3 rings (SSSR count). The smallest absolute Gasteiger partial charge is 0.463 e. The Morgan fingerprint density at radius 2 is 0.681 bits per heavy atom. The summed E-state index contributed by atoms with van der Waals surface area (Å²) in [4.78, 5) is 66.5. The van der Waals surface area contributed by atoms with Gasteiger partial charge in [0.15, 0.2) is 24.8 Å². The Labute approximate surface area is 717 Å². The van der Waals surface area contributed by atoms with Crippen LogP contribution in [0, 0.1) is 5.92 Å².